The standard InChI is InChI=1S/C23H22FNO4/c24-16-10-6-15(7-11-16)21(27)19-20(14-8-12-18(26)13-9-14)25(23(29)22(19)28)17-4-2-1-3-5-17/h6-13,17,20,26-27H,1-5H2/b21-19-. The van der Waals surface area contributed by atoms with E-state index in [9.17, 15) is 24.2 Å². The van der Waals surface area contributed by atoms with Gasteiger partial charge < -0.3 is 15.1 Å². The summed E-state index contributed by atoms with van der Waals surface area (Å²) in [5, 5.41) is 20.6. The first-order chi connectivity index (χ1) is 14.0. The van der Waals surface area contributed by atoms with Crippen molar-refractivity contribution in [1.29, 1.82) is 0 Å². The lowest BCUT2D eigenvalue weighted by Crippen LogP contribution is -2.40. The number of hydrogen-bond donors (Lipinski definition) is 2. The Bertz CT molecular complexity index is 959. The monoisotopic (exact) mass is 395 g/mol. The van der Waals surface area contributed by atoms with Gasteiger partial charge in [-0.05, 0) is 54.8 Å². The van der Waals surface area contributed by atoms with Crippen LogP contribution in [0, 0.1) is 5.82 Å². The van der Waals surface area contributed by atoms with Crippen LogP contribution < -0.4 is 0 Å². The van der Waals surface area contributed by atoms with Crippen molar-refractivity contribution in [3.05, 3.63) is 71.0 Å². The minimum atomic E-state index is -0.747. The van der Waals surface area contributed by atoms with Crippen molar-refractivity contribution in [2.75, 3.05) is 0 Å². The summed E-state index contributed by atoms with van der Waals surface area (Å²) in [6, 6.07) is 10.6. The van der Waals surface area contributed by atoms with Crippen LogP contribution in [0.4, 0.5) is 4.39 Å². The van der Waals surface area contributed by atoms with Crippen molar-refractivity contribution in [2.45, 2.75) is 44.2 Å². The van der Waals surface area contributed by atoms with Crippen molar-refractivity contribution < 1.29 is 24.2 Å². The highest BCUT2D eigenvalue weighted by atomic mass is 19.1. The molecule has 2 aromatic rings. The number of nitrogens with zero attached hydrogens (tertiary/aromatic N) is 1. The summed E-state index contributed by atoms with van der Waals surface area (Å²) in [5.74, 6) is -2.07. The summed E-state index contributed by atoms with van der Waals surface area (Å²) < 4.78 is 13.3. The molecule has 2 fully saturated rings. The molecule has 0 spiro atoms. The molecule has 5 nitrogen and oxygen atoms in total. The van der Waals surface area contributed by atoms with Gasteiger partial charge in [0.25, 0.3) is 11.7 Å². The average molecular weight is 395 g/mol. The maximum atomic E-state index is 13.3. The number of aliphatic hydroxyl groups is 1. The lowest BCUT2D eigenvalue weighted by Gasteiger charge is -2.35. The lowest BCUT2D eigenvalue weighted by atomic mass is 9.91. The Kier molecular flexibility index (Phi) is 5.09. The number of carbonyl (C=O) groups excluding carboxylic acids is 2. The molecule has 0 bridgehead atoms. The molecule has 1 atom stereocenters. The van der Waals surface area contributed by atoms with Crippen LogP contribution in [-0.2, 0) is 9.59 Å². The van der Waals surface area contributed by atoms with E-state index in [4.69, 9.17) is 0 Å². The van der Waals surface area contributed by atoms with Crippen molar-refractivity contribution >= 4 is 17.4 Å². The molecule has 4 rings (SSSR count). The first kappa shape index (κ1) is 19.2. The Labute approximate surface area is 168 Å². The van der Waals surface area contributed by atoms with E-state index < -0.39 is 23.5 Å². The number of carbonyl (C=O) groups is 2. The summed E-state index contributed by atoms with van der Waals surface area (Å²) >= 11 is 0. The molecular formula is C23H22FNO4. The molecule has 2 N–H and O–H groups in total. The Hall–Kier alpha value is -3.15. The minimum Gasteiger partial charge on any atom is -0.508 e. The van der Waals surface area contributed by atoms with Gasteiger partial charge in [-0.1, -0.05) is 31.4 Å². The topological polar surface area (TPSA) is 77.8 Å². The molecular weight excluding hydrogens is 373 g/mol. The number of benzene rings is 2. The molecule has 1 aliphatic carbocycles. The fourth-order valence-electron chi connectivity index (χ4n) is 4.33. The second-order valence-corrected chi connectivity index (χ2v) is 7.60. The van der Waals surface area contributed by atoms with Crippen molar-refractivity contribution in [3.8, 4) is 5.75 Å². The Morgan fingerprint density at radius 3 is 2.17 bits per heavy atom. The number of hydrogen-bond acceptors (Lipinski definition) is 4. The number of ketones is 1. The van der Waals surface area contributed by atoms with Gasteiger partial charge in [0.2, 0.25) is 0 Å². The van der Waals surface area contributed by atoms with Gasteiger partial charge >= 0.3 is 0 Å². The van der Waals surface area contributed by atoms with Gasteiger partial charge in [0.1, 0.15) is 17.3 Å². The average Bonchev–Trinajstić information content (AvgIpc) is 3.00. The van der Waals surface area contributed by atoms with Gasteiger partial charge in [-0.15, -0.1) is 0 Å². The summed E-state index contributed by atoms with van der Waals surface area (Å²) in [6.45, 7) is 0. The summed E-state index contributed by atoms with van der Waals surface area (Å²) in [6.07, 6.45) is 4.66. The maximum absolute atomic E-state index is 13.3. The Morgan fingerprint density at radius 2 is 1.55 bits per heavy atom. The molecule has 0 radical (unpaired) electrons. The van der Waals surface area contributed by atoms with Crippen molar-refractivity contribution in [3.63, 3.8) is 0 Å². The zero-order valence-electron chi connectivity index (χ0n) is 15.8. The third-order valence-corrected chi connectivity index (χ3v) is 5.77. The smallest absolute Gasteiger partial charge is 0.295 e. The van der Waals surface area contributed by atoms with Gasteiger partial charge in [-0.3, -0.25) is 9.59 Å². The lowest BCUT2D eigenvalue weighted by molar-refractivity contribution is -0.141. The summed E-state index contributed by atoms with van der Waals surface area (Å²) in [4.78, 5) is 27.5. The van der Waals surface area contributed by atoms with Crippen molar-refractivity contribution in [1.82, 2.24) is 4.90 Å². The minimum absolute atomic E-state index is 0.00197. The number of likely N-dealkylation sites (tertiary alicyclic amines) is 1. The van der Waals surface area contributed by atoms with Crippen LogP contribution in [0.15, 0.2) is 54.1 Å². The van der Waals surface area contributed by atoms with E-state index in [1.807, 2.05) is 0 Å². The van der Waals surface area contributed by atoms with Crippen LogP contribution >= 0.6 is 0 Å². The van der Waals surface area contributed by atoms with E-state index >= 15 is 0 Å². The first-order valence-corrected chi connectivity index (χ1v) is 9.82. The van der Waals surface area contributed by atoms with Crippen LogP contribution in [0.1, 0.15) is 49.3 Å². The maximum Gasteiger partial charge on any atom is 0.295 e. The Balaban J connectivity index is 1.86. The number of phenolic OH excluding ortho intramolecular Hbond substituents is 1. The summed E-state index contributed by atoms with van der Waals surface area (Å²) in [7, 11) is 0. The third-order valence-electron chi connectivity index (χ3n) is 5.77. The van der Waals surface area contributed by atoms with E-state index in [0.29, 0.717) is 5.56 Å². The molecule has 0 aromatic heterocycles. The second kappa shape index (κ2) is 7.70. The normalized spacial score (nSPS) is 22.2. The van der Waals surface area contributed by atoms with E-state index in [-0.39, 0.29) is 28.7 Å². The fourth-order valence-corrected chi connectivity index (χ4v) is 4.33. The molecule has 29 heavy (non-hydrogen) atoms. The number of Topliss-reactive ketones (excluding diaryl/α,β-unsaturated/α-hetero) is 1. The largest absolute Gasteiger partial charge is 0.508 e. The van der Waals surface area contributed by atoms with Gasteiger partial charge in [0.05, 0.1) is 11.6 Å². The molecule has 1 aliphatic heterocycles. The highest BCUT2D eigenvalue weighted by Gasteiger charge is 2.48. The number of aromatic hydroxyl groups is 1. The van der Waals surface area contributed by atoms with E-state index in [0.717, 1.165) is 32.1 Å². The summed E-state index contributed by atoms with van der Waals surface area (Å²) in [5.41, 5.74) is 0.908. The number of halogens is 1. The van der Waals surface area contributed by atoms with Crippen LogP contribution in [0.3, 0.4) is 0 Å². The number of amides is 1. The molecule has 1 heterocycles. The molecule has 1 amide bonds. The van der Waals surface area contributed by atoms with Gasteiger partial charge in [0.15, 0.2) is 0 Å². The van der Waals surface area contributed by atoms with Gasteiger partial charge in [-0.2, -0.15) is 0 Å². The molecule has 6 heteroatoms. The van der Waals surface area contributed by atoms with Gasteiger partial charge in [0, 0.05) is 11.6 Å². The predicted molar refractivity (Wildman–Crippen MR) is 106 cm³/mol. The van der Waals surface area contributed by atoms with E-state index in [1.165, 1.54) is 36.4 Å². The van der Waals surface area contributed by atoms with E-state index in [1.54, 1.807) is 17.0 Å². The van der Waals surface area contributed by atoms with Gasteiger partial charge in [-0.25, -0.2) is 4.39 Å². The number of rotatable bonds is 3. The van der Waals surface area contributed by atoms with E-state index in [2.05, 4.69) is 0 Å². The molecule has 1 saturated carbocycles. The molecule has 2 aromatic carbocycles. The molecule has 1 saturated heterocycles. The first-order valence-electron chi connectivity index (χ1n) is 9.82. The van der Waals surface area contributed by atoms with Crippen LogP contribution in [0.2, 0.25) is 0 Å². The second-order valence-electron chi connectivity index (χ2n) is 7.60. The fraction of sp³-hybridized carbons (Fsp3) is 0.304. The SMILES string of the molecule is O=C1C(=O)N(C2CCCCC2)C(c2ccc(O)cc2)/C1=C(/O)c1ccc(F)cc1. The third kappa shape index (κ3) is 3.50. The van der Waals surface area contributed by atoms with Crippen LogP contribution in [0.5, 0.6) is 5.75 Å². The zero-order chi connectivity index (χ0) is 20.5. The highest BCUT2D eigenvalue weighted by Crippen LogP contribution is 2.43. The number of phenols is 1. The quantitative estimate of drug-likeness (QED) is 0.462. The predicted octanol–water partition coefficient (Wildman–Crippen LogP) is 4.29. The van der Waals surface area contributed by atoms with Crippen LogP contribution in [0.25, 0.3) is 5.76 Å². The molecule has 150 valence electrons. The molecule has 1 unspecified atom stereocenters. The number of aliphatic hydroxyl groups excluding tert-OH is 1. The van der Waals surface area contributed by atoms with Crippen LogP contribution in [-0.4, -0.2) is 32.8 Å². The van der Waals surface area contributed by atoms with Crippen molar-refractivity contribution in [2.24, 2.45) is 0 Å². The molecule has 2 aliphatic rings. The Morgan fingerprint density at radius 1 is 0.931 bits per heavy atom. The zero-order valence-corrected chi connectivity index (χ0v) is 15.8. The highest BCUT2D eigenvalue weighted by molar-refractivity contribution is 6.46.